The fourth-order valence-corrected chi connectivity index (χ4v) is 2.41. The van der Waals surface area contributed by atoms with E-state index < -0.39 is 0 Å². The van der Waals surface area contributed by atoms with E-state index in [1.165, 1.54) is 30.0 Å². The largest absolute Gasteiger partial charge is 0.402 e. The van der Waals surface area contributed by atoms with Gasteiger partial charge >= 0.3 is 0 Å². The van der Waals surface area contributed by atoms with E-state index in [2.05, 4.69) is 14.3 Å². The number of hydrogen-bond donors (Lipinski definition) is 1. The summed E-state index contributed by atoms with van der Waals surface area (Å²) in [5, 5.41) is 3.87. The first-order valence-electron chi connectivity index (χ1n) is 4.10. The molecule has 0 atom stereocenters. The number of nitrogens with zero attached hydrogens (tertiary/aromatic N) is 2. The Morgan fingerprint density at radius 3 is 3.13 bits per heavy atom. The van der Waals surface area contributed by atoms with Gasteiger partial charge in [-0.1, -0.05) is 5.16 Å². The molecule has 0 unspecified atom stereocenters. The highest BCUT2D eigenvalue weighted by Gasteiger charge is 2.18. The number of rotatable bonds is 2. The third-order valence-corrected chi connectivity index (χ3v) is 3.17. The van der Waals surface area contributed by atoms with Crippen LogP contribution in [0.15, 0.2) is 29.2 Å². The molecule has 2 aromatic rings. The van der Waals surface area contributed by atoms with Crippen molar-refractivity contribution in [3.63, 3.8) is 0 Å². The monoisotopic (exact) mass is 239 g/mol. The van der Waals surface area contributed by atoms with Crippen molar-refractivity contribution in [2.75, 3.05) is 0 Å². The maximum absolute atomic E-state index is 5.31. The highest BCUT2D eigenvalue weighted by atomic mass is 32.2. The Kier molecular flexibility index (Phi) is 2.11. The number of nitrogens with one attached hydrogen (secondary N) is 1. The van der Waals surface area contributed by atoms with Gasteiger partial charge in [-0.3, -0.25) is 4.72 Å². The predicted octanol–water partition coefficient (Wildman–Crippen LogP) is 2.28. The summed E-state index contributed by atoms with van der Waals surface area (Å²) in [7, 11) is 0. The van der Waals surface area contributed by atoms with Crippen LogP contribution in [0.4, 0.5) is 0 Å². The van der Waals surface area contributed by atoms with Crippen molar-refractivity contribution in [2.24, 2.45) is 0 Å². The molecule has 5 nitrogen and oxygen atoms in total. The van der Waals surface area contributed by atoms with Gasteiger partial charge in [0, 0.05) is 11.6 Å². The Labute approximate surface area is 93.6 Å². The van der Waals surface area contributed by atoms with Gasteiger partial charge in [-0.15, -0.1) is 0 Å². The molecular formula is C8H5N3O2S2. The van der Waals surface area contributed by atoms with E-state index in [0.29, 0.717) is 0 Å². The summed E-state index contributed by atoms with van der Waals surface area (Å²) in [6, 6.07) is 1.79. The maximum atomic E-state index is 5.31. The van der Waals surface area contributed by atoms with Crippen LogP contribution in [-0.4, -0.2) is 9.53 Å². The smallest absolute Gasteiger partial charge is 0.176 e. The zero-order chi connectivity index (χ0) is 10.1. The Hall–Kier alpha value is -1.47. The van der Waals surface area contributed by atoms with E-state index in [1.807, 2.05) is 0 Å². The molecule has 0 saturated heterocycles. The van der Waals surface area contributed by atoms with E-state index in [9.17, 15) is 0 Å². The molecule has 3 heterocycles. The van der Waals surface area contributed by atoms with Crippen LogP contribution in [0.2, 0.25) is 0 Å². The lowest BCUT2D eigenvalue weighted by atomic mass is 10.2. The second-order valence-electron chi connectivity index (χ2n) is 2.75. The molecule has 2 aromatic heterocycles. The van der Waals surface area contributed by atoms with E-state index in [0.717, 1.165) is 21.9 Å². The summed E-state index contributed by atoms with van der Waals surface area (Å²) >= 11 is 2.55. The standard InChI is InChI=1S/C8H5N3O2S2/c1-2-12-11-6(1)5-3-9-14-8(5)7-4-10-15-13-7/h1-4,10H. The average Bonchev–Trinajstić information content (AvgIpc) is 3.01. The first-order chi connectivity index (χ1) is 7.45. The summed E-state index contributed by atoms with van der Waals surface area (Å²) in [6.07, 6.45) is 5.08. The number of aromatic nitrogens is 2. The third kappa shape index (κ3) is 1.49. The molecule has 1 aliphatic rings. The highest BCUT2D eigenvalue weighted by molar-refractivity contribution is 7.93. The van der Waals surface area contributed by atoms with Crippen molar-refractivity contribution in [3.05, 3.63) is 29.6 Å². The van der Waals surface area contributed by atoms with Crippen molar-refractivity contribution >= 4 is 29.5 Å². The van der Waals surface area contributed by atoms with Crippen molar-refractivity contribution in [2.45, 2.75) is 0 Å². The average molecular weight is 239 g/mol. The predicted molar refractivity (Wildman–Crippen MR) is 57.4 cm³/mol. The van der Waals surface area contributed by atoms with E-state index in [4.69, 9.17) is 8.71 Å². The molecule has 0 bridgehead atoms. The fourth-order valence-electron chi connectivity index (χ4n) is 1.23. The molecular weight excluding hydrogens is 234 g/mol. The van der Waals surface area contributed by atoms with Crippen LogP contribution in [0.3, 0.4) is 0 Å². The van der Waals surface area contributed by atoms with Crippen LogP contribution in [0, 0.1) is 0 Å². The molecule has 15 heavy (non-hydrogen) atoms. The van der Waals surface area contributed by atoms with Gasteiger partial charge in [0.1, 0.15) is 16.8 Å². The summed E-state index contributed by atoms with van der Waals surface area (Å²) in [6.45, 7) is 0. The van der Waals surface area contributed by atoms with Crippen LogP contribution < -0.4 is 4.72 Å². The minimum absolute atomic E-state index is 0.764. The van der Waals surface area contributed by atoms with Gasteiger partial charge in [0.15, 0.2) is 18.0 Å². The molecule has 1 N–H and O–H groups in total. The third-order valence-electron chi connectivity index (χ3n) is 1.88. The Morgan fingerprint density at radius 1 is 1.40 bits per heavy atom. The molecule has 7 heteroatoms. The van der Waals surface area contributed by atoms with Gasteiger partial charge in [0.05, 0.1) is 12.4 Å². The SMILES string of the molecule is C1=C(c2sncc2-c2ccon2)OSN1. The molecule has 0 fully saturated rings. The first-order valence-corrected chi connectivity index (χ1v) is 5.61. The summed E-state index contributed by atoms with van der Waals surface area (Å²) < 4.78 is 17.1. The molecule has 0 aromatic carbocycles. The second-order valence-corrected chi connectivity index (χ2v) is 4.12. The van der Waals surface area contributed by atoms with Crippen LogP contribution in [-0.2, 0) is 4.18 Å². The minimum atomic E-state index is 0.764. The van der Waals surface area contributed by atoms with Gasteiger partial charge in [0.25, 0.3) is 0 Å². The van der Waals surface area contributed by atoms with Crippen LogP contribution in [0.1, 0.15) is 4.88 Å². The van der Waals surface area contributed by atoms with Crippen LogP contribution in [0.5, 0.6) is 0 Å². The number of hydrogen-bond acceptors (Lipinski definition) is 7. The lowest BCUT2D eigenvalue weighted by Crippen LogP contribution is -1.82. The summed E-state index contributed by atoms with van der Waals surface area (Å²) in [5.41, 5.74) is 1.68. The van der Waals surface area contributed by atoms with E-state index >= 15 is 0 Å². The summed E-state index contributed by atoms with van der Waals surface area (Å²) in [4.78, 5) is 0.946. The van der Waals surface area contributed by atoms with Gasteiger partial charge in [-0.25, -0.2) is 0 Å². The molecule has 0 amide bonds. The van der Waals surface area contributed by atoms with Crippen molar-refractivity contribution in [1.82, 2.24) is 14.3 Å². The Morgan fingerprint density at radius 2 is 2.40 bits per heavy atom. The normalized spacial score (nSPS) is 14.5. The molecule has 76 valence electrons. The van der Waals surface area contributed by atoms with E-state index in [1.54, 1.807) is 18.5 Å². The quantitative estimate of drug-likeness (QED) is 0.641. The van der Waals surface area contributed by atoms with Gasteiger partial charge in [0.2, 0.25) is 0 Å². The molecule has 1 aliphatic heterocycles. The molecule has 3 rings (SSSR count). The fraction of sp³-hybridized carbons (Fsp3) is 0. The molecule has 0 spiro atoms. The highest BCUT2D eigenvalue weighted by Crippen LogP contribution is 2.34. The summed E-state index contributed by atoms with van der Waals surface area (Å²) in [5.74, 6) is 0.764. The Balaban J connectivity index is 2.06. The van der Waals surface area contributed by atoms with Crippen molar-refractivity contribution in [3.8, 4) is 11.3 Å². The lowest BCUT2D eigenvalue weighted by molar-refractivity contribution is 0.422. The van der Waals surface area contributed by atoms with Crippen LogP contribution >= 0.6 is 23.8 Å². The minimum Gasteiger partial charge on any atom is -0.402 e. The van der Waals surface area contributed by atoms with Gasteiger partial charge in [-0.2, -0.15) is 4.37 Å². The van der Waals surface area contributed by atoms with Gasteiger partial charge < -0.3 is 8.71 Å². The molecule has 0 radical (unpaired) electrons. The van der Waals surface area contributed by atoms with E-state index in [-0.39, 0.29) is 0 Å². The Bertz CT molecular complexity index is 492. The maximum Gasteiger partial charge on any atom is 0.176 e. The van der Waals surface area contributed by atoms with Gasteiger partial charge in [-0.05, 0) is 11.5 Å². The zero-order valence-corrected chi connectivity index (χ0v) is 8.97. The first kappa shape index (κ1) is 8.81. The van der Waals surface area contributed by atoms with Crippen molar-refractivity contribution < 1.29 is 8.71 Å². The second kappa shape index (κ2) is 3.59. The van der Waals surface area contributed by atoms with Crippen molar-refractivity contribution in [1.29, 1.82) is 0 Å². The lowest BCUT2D eigenvalue weighted by Gasteiger charge is -1.97. The zero-order valence-electron chi connectivity index (χ0n) is 7.34. The topological polar surface area (TPSA) is 60.2 Å². The van der Waals surface area contributed by atoms with Crippen LogP contribution in [0.25, 0.3) is 17.0 Å². The molecule has 0 aliphatic carbocycles. The molecule has 0 saturated carbocycles.